The molecule has 0 atom stereocenters. The highest BCUT2D eigenvalue weighted by Gasteiger charge is 2.27. The molecule has 0 radical (unpaired) electrons. The summed E-state index contributed by atoms with van der Waals surface area (Å²) in [4.78, 5) is 22.5. The zero-order valence-electron chi connectivity index (χ0n) is 22.2. The van der Waals surface area contributed by atoms with Gasteiger partial charge >= 0.3 is 6.09 Å². The molecule has 35 heavy (non-hydrogen) atoms. The molecule has 4 rings (SSSR count). The molecule has 7 nitrogen and oxygen atoms in total. The normalized spacial score (nSPS) is 16.0. The number of hydrogen-bond donors (Lipinski definition) is 1. The number of fused-ring (bicyclic) bond motifs is 1. The van der Waals surface area contributed by atoms with E-state index in [9.17, 15) is 9.18 Å². The summed E-state index contributed by atoms with van der Waals surface area (Å²) < 4.78 is 43.6. The lowest BCUT2D eigenvalue weighted by Gasteiger charge is -2.33. The van der Waals surface area contributed by atoms with Gasteiger partial charge in [0.1, 0.15) is 29.3 Å². The average Bonchev–Trinajstić information content (AvgIpc) is 2.80. The van der Waals surface area contributed by atoms with Crippen LogP contribution in [-0.2, 0) is 4.74 Å². The lowest BCUT2D eigenvalue weighted by molar-refractivity contribution is 0.0165. The first kappa shape index (κ1) is 22.5. The molecule has 1 N–H and O–H groups in total. The minimum Gasteiger partial charge on any atom is -0.493 e. The maximum absolute atomic E-state index is 14.4. The largest absolute Gasteiger partial charge is 0.493 e. The molecule has 0 saturated carbocycles. The van der Waals surface area contributed by atoms with Crippen molar-refractivity contribution in [3.8, 4) is 5.75 Å². The van der Waals surface area contributed by atoms with Gasteiger partial charge in [0.2, 0.25) is 0 Å². The molecule has 3 aromatic rings. The predicted molar refractivity (Wildman–Crippen MR) is 138 cm³/mol. The fourth-order valence-corrected chi connectivity index (χ4v) is 4.11. The summed E-state index contributed by atoms with van der Waals surface area (Å²) in [7, 11) is 0. The zero-order valence-corrected chi connectivity index (χ0v) is 21.8. The first-order valence-electron chi connectivity index (χ1n) is 12.5. The Kier molecular flexibility index (Phi) is 6.66. The standard InChI is InChI=1S/C26H30BrFN4O3/c1-16-11-19-22(29-15-30-24(19)31-21-6-5-18(27)12-20(21)28)13-23(16)34-14-17-7-9-32(10-8-17)25(33)35-26(2,3)4/h5-6,11-13,15,17H,7-10,14H2,1-4H3,(H,29,30,31)/i14D2. The van der Waals surface area contributed by atoms with Crippen molar-refractivity contribution in [3.05, 3.63) is 52.5 Å². The van der Waals surface area contributed by atoms with Crippen LogP contribution in [0.4, 0.5) is 20.7 Å². The highest BCUT2D eigenvalue weighted by Crippen LogP contribution is 2.31. The number of amides is 1. The third-order valence-electron chi connectivity index (χ3n) is 5.60. The van der Waals surface area contributed by atoms with Crippen molar-refractivity contribution in [2.75, 3.05) is 25.0 Å². The van der Waals surface area contributed by atoms with Crippen molar-refractivity contribution < 1.29 is 21.4 Å². The van der Waals surface area contributed by atoms with Crippen LogP contribution in [-0.4, -0.2) is 46.2 Å². The van der Waals surface area contributed by atoms with Gasteiger partial charge in [0.05, 0.1) is 20.5 Å². The first-order valence-corrected chi connectivity index (χ1v) is 12.3. The quantitative estimate of drug-likeness (QED) is 0.388. The van der Waals surface area contributed by atoms with E-state index in [2.05, 4.69) is 31.2 Å². The molecule has 9 heteroatoms. The molecule has 1 amide bonds. The minimum atomic E-state index is -1.95. The number of anilines is 2. The Balaban J connectivity index is 1.49. The third kappa shape index (κ3) is 6.39. The number of carbonyl (C=O) groups is 1. The molecule has 2 aromatic carbocycles. The second-order valence-corrected chi connectivity index (χ2v) is 10.5. The van der Waals surface area contributed by atoms with E-state index in [4.69, 9.17) is 12.2 Å². The van der Waals surface area contributed by atoms with E-state index in [1.807, 2.05) is 27.7 Å². The summed E-state index contributed by atoms with van der Waals surface area (Å²) in [5, 5.41) is 3.67. The fraction of sp³-hybridized carbons (Fsp3) is 0.423. The number of ether oxygens (including phenoxy) is 2. The number of nitrogens with one attached hydrogen (secondary N) is 1. The summed E-state index contributed by atoms with van der Waals surface area (Å²) in [6, 6.07) is 8.17. The third-order valence-corrected chi connectivity index (χ3v) is 6.09. The molecule has 0 aliphatic carbocycles. The van der Waals surface area contributed by atoms with Gasteiger partial charge < -0.3 is 19.7 Å². The summed E-state index contributed by atoms with van der Waals surface area (Å²) in [5.41, 5.74) is 0.919. The number of aromatic nitrogens is 2. The maximum atomic E-state index is 14.4. The van der Waals surface area contributed by atoms with Gasteiger partial charge in [0.25, 0.3) is 0 Å². The number of likely N-dealkylation sites (tertiary alicyclic amines) is 1. The Morgan fingerprint density at radius 1 is 1.26 bits per heavy atom. The van der Waals surface area contributed by atoms with Crippen molar-refractivity contribution in [2.24, 2.45) is 5.92 Å². The summed E-state index contributed by atoms with van der Waals surface area (Å²) in [5.74, 6) is -0.0297. The molecule has 1 aliphatic heterocycles. The van der Waals surface area contributed by atoms with Crippen molar-refractivity contribution in [1.29, 1.82) is 0 Å². The van der Waals surface area contributed by atoms with Crippen LogP contribution in [0.1, 0.15) is 41.9 Å². The monoisotopic (exact) mass is 546 g/mol. The number of halogens is 2. The van der Waals surface area contributed by atoms with Gasteiger partial charge in [0.15, 0.2) is 0 Å². The van der Waals surface area contributed by atoms with Crippen LogP contribution in [0.2, 0.25) is 0 Å². The molecule has 0 unspecified atom stereocenters. The molecule has 2 heterocycles. The Morgan fingerprint density at radius 2 is 2.00 bits per heavy atom. The number of benzene rings is 2. The molecule has 186 valence electrons. The first-order chi connectivity index (χ1) is 17.3. The summed E-state index contributed by atoms with van der Waals surface area (Å²) in [6.45, 7) is 6.11. The predicted octanol–water partition coefficient (Wildman–Crippen LogP) is 6.61. The molecule has 1 fully saturated rings. The number of rotatable bonds is 5. The highest BCUT2D eigenvalue weighted by atomic mass is 79.9. The molecule has 1 aromatic heterocycles. The Hall–Kier alpha value is -2.94. The van der Waals surface area contributed by atoms with E-state index in [1.54, 1.807) is 29.2 Å². The van der Waals surface area contributed by atoms with Crippen molar-refractivity contribution >= 4 is 44.4 Å². The Bertz CT molecular complexity index is 1310. The number of piperidine rings is 1. The smallest absolute Gasteiger partial charge is 0.410 e. The van der Waals surface area contributed by atoms with Crippen LogP contribution in [0.25, 0.3) is 10.9 Å². The van der Waals surface area contributed by atoms with Crippen LogP contribution >= 0.6 is 15.9 Å². The number of hydrogen-bond acceptors (Lipinski definition) is 6. The number of carbonyl (C=O) groups excluding carboxylic acids is 1. The Labute approximate surface area is 216 Å². The van der Waals surface area contributed by atoms with E-state index >= 15 is 0 Å². The Morgan fingerprint density at radius 3 is 2.69 bits per heavy atom. The second kappa shape index (κ2) is 10.4. The number of nitrogens with zero attached hydrogens (tertiary/aromatic N) is 3. The molecule has 1 aliphatic rings. The van der Waals surface area contributed by atoms with E-state index in [0.29, 0.717) is 58.4 Å². The fourth-order valence-electron chi connectivity index (χ4n) is 3.77. The van der Waals surface area contributed by atoms with Gasteiger partial charge in [-0.25, -0.2) is 19.2 Å². The molecule has 1 saturated heterocycles. The molecule has 0 bridgehead atoms. The van der Waals surface area contributed by atoms with E-state index in [-0.39, 0.29) is 11.8 Å². The van der Waals surface area contributed by atoms with Gasteiger partial charge in [-0.15, -0.1) is 0 Å². The number of aryl methyl sites for hydroxylation is 1. The highest BCUT2D eigenvalue weighted by molar-refractivity contribution is 9.10. The molecular formula is C26H30BrFN4O3. The van der Waals surface area contributed by atoms with Gasteiger partial charge in [0, 0.05) is 29.0 Å². The van der Waals surface area contributed by atoms with Crippen LogP contribution in [0.5, 0.6) is 5.75 Å². The minimum absolute atomic E-state index is 0.273. The van der Waals surface area contributed by atoms with Crippen LogP contribution in [0.15, 0.2) is 41.1 Å². The van der Waals surface area contributed by atoms with E-state index in [0.717, 1.165) is 0 Å². The zero-order chi connectivity index (χ0) is 27.0. The van der Waals surface area contributed by atoms with Crippen molar-refractivity contribution in [3.63, 3.8) is 0 Å². The van der Waals surface area contributed by atoms with Gasteiger partial charge in [-0.05, 0) is 76.3 Å². The van der Waals surface area contributed by atoms with Crippen LogP contribution in [0.3, 0.4) is 0 Å². The summed E-state index contributed by atoms with van der Waals surface area (Å²) in [6.07, 6.45) is 1.88. The lowest BCUT2D eigenvalue weighted by Crippen LogP contribution is -2.42. The SMILES string of the molecule is [2H]C([2H])(Oc1cc2ncnc(Nc3ccc(Br)cc3F)c2cc1C)C1CCN(C(=O)OC(C)(C)C)CC1. The topological polar surface area (TPSA) is 76.6 Å². The van der Waals surface area contributed by atoms with Crippen molar-refractivity contribution in [2.45, 2.75) is 46.1 Å². The van der Waals surface area contributed by atoms with Crippen molar-refractivity contribution in [1.82, 2.24) is 14.9 Å². The summed E-state index contributed by atoms with van der Waals surface area (Å²) >= 11 is 3.25. The van der Waals surface area contributed by atoms with E-state index < -0.39 is 23.9 Å². The lowest BCUT2D eigenvalue weighted by atomic mass is 9.98. The van der Waals surface area contributed by atoms with E-state index in [1.165, 1.54) is 12.4 Å². The van der Waals surface area contributed by atoms with Crippen LogP contribution in [0, 0.1) is 18.7 Å². The van der Waals surface area contributed by atoms with Gasteiger partial charge in [-0.2, -0.15) is 0 Å². The average molecular weight is 547 g/mol. The maximum Gasteiger partial charge on any atom is 0.410 e. The second-order valence-electron chi connectivity index (χ2n) is 9.57. The molecule has 0 spiro atoms. The van der Waals surface area contributed by atoms with Crippen LogP contribution < -0.4 is 10.1 Å². The molecular weight excluding hydrogens is 515 g/mol. The van der Waals surface area contributed by atoms with Gasteiger partial charge in [-0.3, -0.25) is 0 Å². The van der Waals surface area contributed by atoms with Gasteiger partial charge in [-0.1, -0.05) is 15.9 Å².